The average molecular weight is 524 g/mol. The minimum absolute atomic E-state index is 0.186. The van der Waals surface area contributed by atoms with E-state index < -0.39 is 0 Å². The van der Waals surface area contributed by atoms with Crippen molar-refractivity contribution in [2.45, 2.75) is 111 Å². The number of fused-ring (bicyclic) bond motifs is 1. The highest BCUT2D eigenvalue weighted by molar-refractivity contribution is 6.00. The monoisotopic (exact) mass is 523 g/mol. The molecule has 0 bridgehead atoms. The van der Waals surface area contributed by atoms with Crippen molar-refractivity contribution in [3.05, 3.63) is 71.8 Å². The Labute approximate surface area is 237 Å². The van der Waals surface area contributed by atoms with Crippen LogP contribution in [0, 0.1) is 5.92 Å². The average Bonchev–Trinajstić information content (AvgIpc) is 3.33. The topological polar surface area (TPSA) is 30.7 Å². The van der Waals surface area contributed by atoms with Gasteiger partial charge >= 0.3 is 0 Å². The van der Waals surface area contributed by atoms with Crippen LogP contribution in [0.5, 0.6) is 0 Å². The lowest BCUT2D eigenvalue weighted by molar-refractivity contribution is 0.442. The predicted octanol–water partition coefficient (Wildman–Crippen LogP) is 10.4. The Hall–Kier alpha value is -2.94. The smallest absolute Gasteiger partial charge is 0.121 e. The van der Waals surface area contributed by atoms with Crippen LogP contribution in [0.25, 0.3) is 33.3 Å². The SMILES string of the molecule is CCCCC(C)(C)c1ccc(-c2ccc(-c3ccc(C(C)(C)CCCC)cc3)c3nn(CC(C)C)nc23)cc1. The Bertz CT molecular complexity index is 1250. The number of hydrogen-bond acceptors (Lipinski definition) is 2. The molecular weight excluding hydrogens is 474 g/mol. The third kappa shape index (κ3) is 6.62. The third-order valence-electron chi connectivity index (χ3n) is 8.38. The molecule has 3 nitrogen and oxygen atoms in total. The summed E-state index contributed by atoms with van der Waals surface area (Å²) in [6, 6.07) is 22.8. The quantitative estimate of drug-likeness (QED) is 0.185. The molecule has 1 heterocycles. The zero-order valence-electron chi connectivity index (χ0n) is 25.6. The first-order valence-electron chi connectivity index (χ1n) is 15.2. The Kier molecular flexibility index (Phi) is 8.99. The molecule has 0 N–H and O–H groups in total. The van der Waals surface area contributed by atoms with Gasteiger partial charge in [0.25, 0.3) is 0 Å². The van der Waals surface area contributed by atoms with Crippen molar-refractivity contribution in [2.75, 3.05) is 0 Å². The van der Waals surface area contributed by atoms with Crippen molar-refractivity contribution in [1.82, 2.24) is 15.0 Å². The Morgan fingerprint density at radius 2 is 1.00 bits per heavy atom. The van der Waals surface area contributed by atoms with Crippen LogP contribution in [0.1, 0.15) is 105 Å². The highest BCUT2D eigenvalue weighted by atomic mass is 15.5. The van der Waals surface area contributed by atoms with Gasteiger partial charge in [-0.15, -0.1) is 0 Å². The predicted molar refractivity (Wildman–Crippen MR) is 168 cm³/mol. The van der Waals surface area contributed by atoms with Crippen molar-refractivity contribution >= 4 is 11.0 Å². The second-order valence-electron chi connectivity index (χ2n) is 13.1. The molecule has 0 saturated carbocycles. The summed E-state index contributed by atoms with van der Waals surface area (Å²) in [7, 11) is 0. The Morgan fingerprint density at radius 1 is 0.615 bits per heavy atom. The summed E-state index contributed by atoms with van der Waals surface area (Å²) in [5.74, 6) is 0.480. The van der Waals surface area contributed by atoms with Gasteiger partial charge in [0.15, 0.2) is 0 Å². The largest absolute Gasteiger partial charge is 0.183 e. The highest BCUT2D eigenvalue weighted by Crippen LogP contribution is 2.37. The molecule has 0 aliphatic carbocycles. The molecule has 3 heteroatoms. The molecule has 0 amide bonds. The first-order chi connectivity index (χ1) is 18.6. The van der Waals surface area contributed by atoms with Gasteiger partial charge in [-0.2, -0.15) is 15.0 Å². The fraction of sp³-hybridized carbons (Fsp3) is 0.500. The lowest BCUT2D eigenvalue weighted by atomic mass is 9.79. The second kappa shape index (κ2) is 12.1. The molecule has 0 unspecified atom stereocenters. The summed E-state index contributed by atoms with van der Waals surface area (Å²) >= 11 is 0. The summed E-state index contributed by atoms with van der Waals surface area (Å²) < 4.78 is 0. The van der Waals surface area contributed by atoms with Crippen LogP contribution >= 0.6 is 0 Å². The molecule has 0 fully saturated rings. The molecule has 0 spiro atoms. The summed E-state index contributed by atoms with van der Waals surface area (Å²) in [6.45, 7) is 19.2. The molecular formula is C36H49N3. The number of rotatable bonds is 12. The molecule has 0 aliphatic rings. The number of hydrogen-bond donors (Lipinski definition) is 0. The first-order valence-corrected chi connectivity index (χ1v) is 15.2. The van der Waals surface area contributed by atoms with Crippen LogP contribution in [0.3, 0.4) is 0 Å². The van der Waals surface area contributed by atoms with E-state index in [1.807, 2.05) is 4.80 Å². The summed E-state index contributed by atoms with van der Waals surface area (Å²) in [4.78, 5) is 1.90. The fourth-order valence-corrected chi connectivity index (χ4v) is 5.64. The third-order valence-corrected chi connectivity index (χ3v) is 8.38. The second-order valence-corrected chi connectivity index (χ2v) is 13.1. The Balaban J connectivity index is 1.73. The van der Waals surface area contributed by atoms with E-state index in [2.05, 4.69) is 116 Å². The van der Waals surface area contributed by atoms with Crippen molar-refractivity contribution in [3.8, 4) is 22.3 Å². The van der Waals surface area contributed by atoms with E-state index in [0.29, 0.717) is 5.92 Å². The van der Waals surface area contributed by atoms with Crippen LogP contribution in [-0.4, -0.2) is 15.0 Å². The highest BCUT2D eigenvalue weighted by Gasteiger charge is 2.22. The number of benzene rings is 3. The van der Waals surface area contributed by atoms with Crippen molar-refractivity contribution in [2.24, 2.45) is 5.92 Å². The molecule has 0 saturated heterocycles. The van der Waals surface area contributed by atoms with Gasteiger partial charge < -0.3 is 0 Å². The molecule has 1 aromatic heterocycles. The van der Waals surface area contributed by atoms with Gasteiger partial charge in [-0.25, -0.2) is 0 Å². The van der Waals surface area contributed by atoms with Crippen LogP contribution in [0.2, 0.25) is 0 Å². The zero-order valence-corrected chi connectivity index (χ0v) is 25.6. The maximum Gasteiger partial charge on any atom is 0.121 e. The maximum absolute atomic E-state index is 5.02. The molecule has 4 rings (SSSR count). The van der Waals surface area contributed by atoms with Gasteiger partial charge in [-0.1, -0.05) is 142 Å². The number of aromatic nitrogens is 3. The summed E-state index contributed by atoms with van der Waals surface area (Å²) in [5.41, 5.74) is 9.85. The van der Waals surface area contributed by atoms with Gasteiger partial charge in [0.2, 0.25) is 0 Å². The maximum atomic E-state index is 5.02. The van der Waals surface area contributed by atoms with E-state index in [1.54, 1.807) is 0 Å². The van der Waals surface area contributed by atoms with Crippen LogP contribution in [-0.2, 0) is 17.4 Å². The van der Waals surface area contributed by atoms with E-state index in [1.165, 1.54) is 60.8 Å². The Morgan fingerprint density at radius 3 is 1.33 bits per heavy atom. The molecule has 3 aromatic carbocycles. The molecule has 0 atom stereocenters. The van der Waals surface area contributed by atoms with Crippen LogP contribution in [0.15, 0.2) is 60.7 Å². The van der Waals surface area contributed by atoms with Gasteiger partial charge in [-0.05, 0) is 51.8 Å². The zero-order chi connectivity index (χ0) is 28.2. The number of unbranched alkanes of at least 4 members (excludes halogenated alkanes) is 2. The van der Waals surface area contributed by atoms with Crippen LogP contribution < -0.4 is 0 Å². The lowest BCUT2D eigenvalue weighted by Crippen LogP contribution is -2.16. The standard InChI is InChI=1S/C36H49N3/c1-9-11-23-35(5,6)29-17-13-27(14-18-29)31-21-22-32(34-33(31)37-39(38-34)25-26(3)4)28-15-19-30(20-16-28)36(7,8)24-12-10-2/h13-22,26H,9-12,23-25H2,1-8H3. The van der Waals surface area contributed by atoms with Crippen molar-refractivity contribution in [1.29, 1.82) is 0 Å². The minimum atomic E-state index is 0.186. The first kappa shape index (κ1) is 29.1. The van der Waals surface area contributed by atoms with Crippen molar-refractivity contribution < 1.29 is 0 Å². The molecule has 39 heavy (non-hydrogen) atoms. The van der Waals surface area contributed by atoms with Crippen molar-refractivity contribution in [3.63, 3.8) is 0 Å². The van der Waals surface area contributed by atoms with E-state index in [0.717, 1.165) is 28.7 Å². The normalized spacial score (nSPS) is 12.5. The molecule has 0 aliphatic heterocycles. The van der Waals surface area contributed by atoms with E-state index >= 15 is 0 Å². The molecule has 208 valence electrons. The molecule has 4 aromatic rings. The molecule has 0 radical (unpaired) electrons. The summed E-state index contributed by atoms with van der Waals surface area (Å²) in [5, 5.41) is 10.0. The fourth-order valence-electron chi connectivity index (χ4n) is 5.64. The van der Waals surface area contributed by atoms with Gasteiger partial charge in [0.1, 0.15) is 11.0 Å². The van der Waals surface area contributed by atoms with Crippen LogP contribution in [0.4, 0.5) is 0 Å². The lowest BCUT2D eigenvalue weighted by Gasteiger charge is -2.25. The summed E-state index contributed by atoms with van der Waals surface area (Å²) in [6.07, 6.45) is 7.40. The van der Waals surface area contributed by atoms with Gasteiger partial charge in [-0.3, -0.25) is 0 Å². The van der Waals surface area contributed by atoms with Gasteiger partial charge in [0, 0.05) is 11.1 Å². The minimum Gasteiger partial charge on any atom is -0.183 e. The van der Waals surface area contributed by atoms with E-state index in [9.17, 15) is 0 Å². The van der Waals surface area contributed by atoms with E-state index in [-0.39, 0.29) is 10.8 Å². The van der Waals surface area contributed by atoms with E-state index in [4.69, 9.17) is 10.2 Å². The van der Waals surface area contributed by atoms with Gasteiger partial charge in [0.05, 0.1) is 6.54 Å². The number of nitrogens with zero attached hydrogens (tertiary/aromatic N) is 3.